The highest BCUT2D eigenvalue weighted by Crippen LogP contribution is 2.31. The van der Waals surface area contributed by atoms with Gasteiger partial charge in [-0.15, -0.1) is 0 Å². The molecule has 0 aromatic heterocycles. The first-order valence-electron chi connectivity index (χ1n) is 6.42. The number of hydrogen-bond acceptors (Lipinski definition) is 0. The Hall–Kier alpha value is -1.56. The molecule has 0 atom stereocenters. The summed E-state index contributed by atoms with van der Waals surface area (Å²) in [5.74, 6) is 0. The molecule has 0 bridgehead atoms. The molecule has 0 aliphatic heterocycles. The van der Waals surface area contributed by atoms with Crippen molar-refractivity contribution in [2.24, 2.45) is 0 Å². The third-order valence-corrected chi connectivity index (χ3v) is 3.33. The Labute approximate surface area is 112 Å². The molecule has 0 aliphatic rings. The van der Waals surface area contributed by atoms with Crippen molar-refractivity contribution in [3.63, 3.8) is 0 Å². The lowest BCUT2D eigenvalue weighted by Gasteiger charge is -2.16. The zero-order valence-corrected chi connectivity index (χ0v) is 12.5. The predicted octanol–water partition coefficient (Wildman–Crippen LogP) is 5.70. The Kier molecular flexibility index (Phi) is 4.72. The van der Waals surface area contributed by atoms with Crippen LogP contribution in [-0.4, -0.2) is 0 Å². The molecular formula is C18H24. The molecule has 1 aromatic rings. The Balaban J connectivity index is 3.27. The van der Waals surface area contributed by atoms with Gasteiger partial charge in [-0.1, -0.05) is 47.6 Å². The van der Waals surface area contributed by atoms with Crippen LogP contribution in [0.5, 0.6) is 0 Å². The smallest absolute Gasteiger partial charge is 0.0169 e. The van der Waals surface area contributed by atoms with E-state index in [1.165, 1.54) is 33.4 Å². The van der Waals surface area contributed by atoms with Gasteiger partial charge in [0.05, 0.1) is 0 Å². The summed E-state index contributed by atoms with van der Waals surface area (Å²) in [5, 5.41) is 0. The number of benzene rings is 1. The SMILES string of the molecule is C=C(C(=C(C)C)C(C)=C(C)C)c1ccc(C)cc1. The van der Waals surface area contributed by atoms with Crippen molar-refractivity contribution in [3.05, 3.63) is 64.3 Å². The van der Waals surface area contributed by atoms with Gasteiger partial charge in [0.15, 0.2) is 0 Å². The molecule has 0 radical (unpaired) electrons. The van der Waals surface area contributed by atoms with E-state index >= 15 is 0 Å². The summed E-state index contributed by atoms with van der Waals surface area (Å²) < 4.78 is 0. The molecule has 1 rings (SSSR count). The van der Waals surface area contributed by atoms with E-state index in [2.05, 4.69) is 72.4 Å². The van der Waals surface area contributed by atoms with Crippen molar-refractivity contribution >= 4 is 5.57 Å². The summed E-state index contributed by atoms with van der Waals surface area (Å²) in [4.78, 5) is 0. The highest BCUT2D eigenvalue weighted by Gasteiger charge is 2.10. The number of allylic oxidation sites excluding steroid dienone is 5. The van der Waals surface area contributed by atoms with E-state index in [0.717, 1.165) is 5.57 Å². The zero-order valence-electron chi connectivity index (χ0n) is 12.5. The second-order valence-corrected chi connectivity index (χ2v) is 5.34. The van der Waals surface area contributed by atoms with Gasteiger partial charge in [0.2, 0.25) is 0 Å². The minimum absolute atomic E-state index is 1.12. The van der Waals surface area contributed by atoms with Gasteiger partial charge < -0.3 is 0 Å². The lowest BCUT2D eigenvalue weighted by molar-refractivity contribution is 1.22. The topological polar surface area (TPSA) is 0 Å². The predicted molar refractivity (Wildman–Crippen MR) is 82.6 cm³/mol. The molecule has 0 heteroatoms. The highest BCUT2D eigenvalue weighted by molar-refractivity contribution is 5.83. The minimum atomic E-state index is 1.12. The Morgan fingerprint density at radius 2 is 1.33 bits per heavy atom. The van der Waals surface area contributed by atoms with E-state index in [-0.39, 0.29) is 0 Å². The lowest BCUT2D eigenvalue weighted by atomic mass is 9.89. The van der Waals surface area contributed by atoms with E-state index < -0.39 is 0 Å². The first-order valence-corrected chi connectivity index (χ1v) is 6.42. The second-order valence-electron chi connectivity index (χ2n) is 5.34. The minimum Gasteiger partial charge on any atom is -0.0905 e. The molecule has 0 heterocycles. The van der Waals surface area contributed by atoms with Gasteiger partial charge in [0.1, 0.15) is 0 Å². The molecule has 0 N–H and O–H groups in total. The van der Waals surface area contributed by atoms with Crippen molar-refractivity contribution in [2.45, 2.75) is 41.5 Å². The van der Waals surface area contributed by atoms with Gasteiger partial charge in [-0.05, 0) is 63.8 Å². The molecule has 1 aromatic carbocycles. The summed E-state index contributed by atoms with van der Waals surface area (Å²) in [5.41, 5.74) is 8.90. The van der Waals surface area contributed by atoms with Crippen molar-refractivity contribution < 1.29 is 0 Å². The largest absolute Gasteiger partial charge is 0.0905 e. The van der Waals surface area contributed by atoms with Crippen molar-refractivity contribution in [1.82, 2.24) is 0 Å². The average molecular weight is 240 g/mol. The lowest BCUT2D eigenvalue weighted by Crippen LogP contribution is -1.95. The van der Waals surface area contributed by atoms with Crippen LogP contribution in [0.25, 0.3) is 5.57 Å². The molecule has 0 fully saturated rings. The molecule has 18 heavy (non-hydrogen) atoms. The zero-order chi connectivity index (χ0) is 13.9. The maximum absolute atomic E-state index is 4.29. The van der Waals surface area contributed by atoms with Crippen molar-refractivity contribution in [3.8, 4) is 0 Å². The van der Waals surface area contributed by atoms with Crippen molar-refractivity contribution in [1.29, 1.82) is 0 Å². The second kappa shape index (κ2) is 5.86. The highest BCUT2D eigenvalue weighted by atomic mass is 14.1. The Morgan fingerprint density at radius 1 is 0.833 bits per heavy atom. The summed E-state index contributed by atoms with van der Waals surface area (Å²) in [6.07, 6.45) is 0. The molecular weight excluding hydrogens is 216 g/mol. The molecule has 0 amide bonds. The van der Waals surface area contributed by atoms with Crippen LogP contribution in [0, 0.1) is 6.92 Å². The van der Waals surface area contributed by atoms with Crippen LogP contribution in [0.15, 0.2) is 53.1 Å². The van der Waals surface area contributed by atoms with Gasteiger partial charge in [-0.3, -0.25) is 0 Å². The maximum atomic E-state index is 4.29. The van der Waals surface area contributed by atoms with Crippen molar-refractivity contribution in [2.75, 3.05) is 0 Å². The van der Waals surface area contributed by atoms with E-state index in [9.17, 15) is 0 Å². The summed E-state index contributed by atoms with van der Waals surface area (Å²) in [6, 6.07) is 8.58. The summed E-state index contributed by atoms with van der Waals surface area (Å²) >= 11 is 0. The first kappa shape index (κ1) is 14.5. The Bertz CT molecular complexity index is 499. The fourth-order valence-electron chi connectivity index (χ4n) is 2.05. The molecule has 0 saturated carbocycles. The Morgan fingerprint density at radius 3 is 1.72 bits per heavy atom. The fraction of sp³-hybridized carbons (Fsp3) is 0.333. The monoisotopic (exact) mass is 240 g/mol. The van der Waals surface area contributed by atoms with E-state index in [1.54, 1.807) is 0 Å². The van der Waals surface area contributed by atoms with Crippen LogP contribution in [-0.2, 0) is 0 Å². The van der Waals surface area contributed by atoms with Crippen LogP contribution in [0.4, 0.5) is 0 Å². The number of rotatable bonds is 3. The van der Waals surface area contributed by atoms with E-state index in [0.29, 0.717) is 0 Å². The van der Waals surface area contributed by atoms with E-state index in [4.69, 9.17) is 0 Å². The molecule has 0 unspecified atom stereocenters. The molecule has 0 nitrogen and oxygen atoms in total. The van der Waals surface area contributed by atoms with Gasteiger partial charge in [0.25, 0.3) is 0 Å². The van der Waals surface area contributed by atoms with Gasteiger partial charge in [0, 0.05) is 0 Å². The van der Waals surface area contributed by atoms with Crippen LogP contribution >= 0.6 is 0 Å². The fourth-order valence-corrected chi connectivity index (χ4v) is 2.05. The maximum Gasteiger partial charge on any atom is -0.0169 e. The molecule has 0 spiro atoms. The van der Waals surface area contributed by atoms with Crippen LogP contribution in [0.2, 0.25) is 0 Å². The third-order valence-electron chi connectivity index (χ3n) is 3.33. The average Bonchev–Trinajstić information content (AvgIpc) is 2.29. The quantitative estimate of drug-likeness (QED) is 0.594. The van der Waals surface area contributed by atoms with Gasteiger partial charge in [-0.2, -0.15) is 0 Å². The first-order chi connectivity index (χ1) is 8.34. The molecule has 96 valence electrons. The van der Waals surface area contributed by atoms with Crippen LogP contribution in [0.1, 0.15) is 45.7 Å². The third kappa shape index (κ3) is 3.22. The number of hydrogen-bond donors (Lipinski definition) is 0. The molecule has 0 aliphatic carbocycles. The van der Waals surface area contributed by atoms with Gasteiger partial charge >= 0.3 is 0 Å². The normalized spacial score (nSPS) is 9.89. The standard InChI is InChI=1S/C18H24/c1-12(2)15(6)18(13(3)4)16(7)17-10-8-14(5)9-11-17/h8-11H,7H2,1-6H3. The van der Waals surface area contributed by atoms with Gasteiger partial charge in [-0.25, -0.2) is 0 Å². The van der Waals surface area contributed by atoms with Crippen LogP contribution < -0.4 is 0 Å². The summed E-state index contributed by atoms with van der Waals surface area (Å²) in [6.45, 7) is 17.2. The van der Waals surface area contributed by atoms with E-state index in [1.807, 2.05) is 0 Å². The number of aryl methyl sites for hydroxylation is 1. The summed E-state index contributed by atoms with van der Waals surface area (Å²) in [7, 11) is 0. The molecule has 0 saturated heterocycles. The van der Waals surface area contributed by atoms with Crippen LogP contribution in [0.3, 0.4) is 0 Å².